The summed E-state index contributed by atoms with van der Waals surface area (Å²) < 4.78 is 3.47. The van der Waals surface area contributed by atoms with Crippen LogP contribution in [-0.2, 0) is 13.6 Å². The van der Waals surface area contributed by atoms with Gasteiger partial charge < -0.3 is 4.90 Å². The largest absolute Gasteiger partial charge is 0.338 e. The van der Waals surface area contributed by atoms with E-state index in [1.807, 2.05) is 27.7 Å². The Morgan fingerprint density at radius 1 is 1.19 bits per heavy atom. The molecule has 2 aliphatic rings. The summed E-state index contributed by atoms with van der Waals surface area (Å²) in [6.45, 7) is 8.52. The van der Waals surface area contributed by atoms with E-state index in [1.54, 1.807) is 30.1 Å². The molecule has 1 aliphatic carbocycles. The van der Waals surface area contributed by atoms with Crippen molar-refractivity contribution in [2.45, 2.75) is 33.7 Å². The van der Waals surface area contributed by atoms with Crippen LogP contribution in [0.5, 0.6) is 0 Å². The summed E-state index contributed by atoms with van der Waals surface area (Å²) in [5.41, 5.74) is 4.37. The first kappa shape index (κ1) is 20.7. The van der Waals surface area contributed by atoms with E-state index >= 15 is 0 Å². The lowest BCUT2D eigenvalue weighted by Gasteiger charge is -2.18. The average molecular weight is 432 g/mol. The second-order valence-corrected chi connectivity index (χ2v) is 10.3. The number of imidazole rings is 1. The Morgan fingerprint density at radius 2 is 2.00 bits per heavy atom. The average Bonchev–Trinajstić information content (AvgIpc) is 3.40. The van der Waals surface area contributed by atoms with Crippen molar-refractivity contribution < 1.29 is 4.79 Å². The number of carbonyl (C=O) groups excluding carboxylic acids is 1. The summed E-state index contributed by atoms with van der Waals surface area (Å²) in [6.07, 6.45) is 6.49. The fourth-order valence-corrected chi connectivity index (χ4v) is 5.02. The zero-order valence-corrected chi connectivity index (χ0v) is 19.1. The third kappa shape index (κ3) is 3.55. The lowest BCUT2D eigenvalue weighted by Crippen LogP contribution is -2.29. The van der Waals surface area contributed by atoms with Crippen molar-refractivity contribution in [3.05, 3.63) is 64.5 Å². The van der Waals surface area contributed by atoms with E-state index < -0.39 is 0 Å². The number of hydrogen-bond acceptors (Lipinski definition) is 4. The molecule has 7 nitrogen and oxygen atoms in total. The SMILES string of the molecule is Cn1c(=O)n(CC(C)(C)C)c2ccc(C3=CC4CN(C(=O)c5cccnc5)CC4C3)nc21. The molecule has 0 spiro atoms. The van der Waals surface area contributed by atoms with Gasteiger partial charge in [-0.2, -0.15) is 0 Å². The second kappa shape index (κ2) is 7.43. The molecule has 166 valence electrons. The Morgan fingerprint density at radius 3 is 2.69 bits per heavy atom. The van der Waals surface area contributed by atoms with Crippen LogP contribution in [0.3, 0.4) is 0 Å². The molecule has 0 bridgehead atoms. The zero-order valence-electron chi connectivity index (χ0n) is 19.1. The van der Waals surface area contributed by atoms with E-state index in [2.05, 4.69) is 31.8 Å². The van der Waals surface area contributed by atoms with Crippen LogP contribution >= 0.6 is 0 Å². The maximum Gasteiger partial charge on any atom is 0.330 e. The predicted octanol–water partition coefficient (Wildman–Crippen LogP) is 3.35. The molecule has 1 saturated heterocycles. The van der Waals surface area contributed by atoms with Gasteiger partial charge in [0.2, 0.25) is 0 Å². The summed E-state index contributed by atoms with van der Waals surface area (Å²) in [5, 5.41) is 0. The molecular weight excluding hydrogens is 402 g/mol. The van der Waals surface area contributed by atoms with Gasteiger partial charge in [-0.05, 0) is 53.5 Å². The normalized spacial score (nSPS) is 20.6. The molecule has 0 N–H and O–H groups in total. The highest BCUT2D eigenvalue weighted by Gasteiger charge is 2.39. The lowest BCUT2D eigenvalue weighted by atomic mass is 9.97. The molecular formula is C25H29N5O2. The Balaban J connectivity index is 1.39. The van der Waals surface area contributed by atoms with Crippen LogP contribution in [0.15, 0.2) is 47.5 Å². The van der Waals surface area contributed by atoms with Gasteiger partial charge in [0.05, 0.1) is 16.8 Å². The molecule has 7 heteroatoms. The van der Waals surface area contributed by atoms with E-state index in [-0.39, 0.29) is 17.0 Å². The Labute approximate surface area is 187 Å². The van der Waals surface area contributed by atoms with Crippen molar-refractivity contribution in [2.24, 2.45) is 24.3 Å². The summed E-state index contributed by atoms with van der Waals surface area (Å²) in [4.78, 5) is 36.5. The maximum absolute atomic E-state index is 12.8. The monoisotopic (exact) mass is 431 g/mol. The summed E-state index contributed by atoms with van der Waals surface area (Å²) >= 11 is 0. The molecule has 2 atom stereocenters. The first-order valence-electron chi connectivity index (χ1n) is 11.2. The third-order valence-corrected chi connectivity index (χ3v) is 6.53. The minimum atomic E-state index is -0.0265. The molecule has 3 aromatic heterocycles. The van der Waals surface area contributed by atoms with Crippen LogP contribution in [0.2, 0.25) is 0 Å². The second-order valence-electron chi connectivity index (χ2n) is 10.3. The molecule has 4 heterocycles. The zero-order chi connectivity index (χ0) is 22.6. The van der Waals surface area contributed by atoms with Crippen molar-refractivity contribution in [2.75, 3.05) is 13.1 Å². The standard InChI is InChI=1S/C25H29N5O2/c1-25(2,3)15-30-21-8-7-20(27-22(21)28(4)24(30)32)17-10-18-13-29(14-19(18)11-17)23(31)16-6-5-9-26-12-16/h5-10,12,18-19H,11,13-15H2,1-4H3. The van der Waals surface area contributed by atoms with Gasteiger partial charge in [0, 0.05) is 39.1 Å². The van der Waals surface area contributed by atoms with E-state index in [0.717, 1.165) is 36.4 Å². The fraction of sp³-hybridized carbons (Fsp3) is 0.440. The van der Waals surface area contributed by atoms with Crippen molar-refractivity contribution in [1.82, 2.24) is 24.0 Å². The Kier molecular flexibility index (Phi) is 4.80. The third-order valence-electron chi connectivity index (χ3n) is 6.53. The molecule has 0 aromatic carbocycles. The van der Waals surface area contributed by atoms with Crippen LogP contribution in [0, 0.1) is 17.3 Å². The fourth-order valence-electron chi connectivity index (χ4n) is 5.02. The van der Waals surface area contributed by atoms with E-state index in [0.29, 0.717) is 23.9 Å². The highest BCUT2D eigenvalue weighted by atomic mass is 16.2. The molecule has 1 fully saturated rings. The van der Waals surface area contributed by atoms with Crippen LogP contribution in [0.4, 0.5) is 0 Å². The van der Waals surface area contributed by atoms with Gasteiger partial charge in [-0.15, -0.1) is 0 Å². The van der Waals surface area contributed by atoms with Crippen LogP contribution < -0.4 is 5.69 Å². The van der Waals surface area contributed by atoms with Crippen molar-refractivity contribution >= 4 is 22.6 Å². The molecule has 3 aromatic rings. The van der Waals surface area contributed by atoms with E-state index in [9.17, 15) is 9.59 Å². The number of pyridine rings is 2. The molecule has 1 amide bonds. The smallest absolute Gasteiger partial charge is 0.330 e. The number of allylic oxidation sites excluding steroid dienone is 1. The molecule has 1 aliphatic heterocycles. The number of aromatic nitrogens is 4. The predicted molar refractivity (Wildman–Crippen MR) is 124 cm³/mol. The number of aryl methyl sites for hydroxylation is 1. The van der Waals surface area contributed by atoms with Crippen LogP contribution in [0.25, 0.3) is 16.7 Å². The summed E-state index contributed by atoms with van der Waals surface area (Å²) in [5.74, 6) is 0.812. The number of hydrogen-bond donors (Lipinski definition) is 0. The van der Waals surface area contributed by atoms with Crippen LogP contribution in [-0.4, -0.2) is 43.0 Å². The first-order valence-corrected chi connectivity index (χ1v) is 11.2. The maximum atomic E-state index is 12.8. The minimum Gasteiger partial charge on any atom is -0.338 e. The highest BCUT2D eigenvalue weighted by molar-refractivity contribution is 5.94. The van der Waals surface area contributed by atoms with Crippen molar-refractivity contribution in [3.63, 3.8) is 0 Å². The quantitative estimate of drug-likeness (QED) is 0.638. The topological polar surface area (TPSA) is 73.0 Å². The number of amides is 1. The van der Waals surface area contributed by atoms with Gasteiger partial charge in [0.15, 0.2) is 5.65 Å². The number of nitrogens with zero attached hydrogens (tertiary/aromatic N) is 5. The number of fused-ring (bicyclic) bond motifs is 2. The van der Waals surface area contributed by atoms with E-state index in [4.69, 9.17) is 4.98 Å². The van der Waals surface area contributed by atoms with Crippen molar-refractivity contribution in [3.8, 4) is 0 Å². The Bertz CT molecular complexity index is 1280. The summed E-state index contributed by atoms with van der Waals surface area (Å²) in [6, 6.07) is 7.68. The number of rotatable bonds is 3. The van der Waals surface area contributed by atoms with Gasteiger partial charge in [-0.3, -0.25) is 18.9 Å². The highest BCUT2D eigenvalue weighted by Crippen LogP contribution is 2.41. The van der Waals surface area contributed by atoms with Crippen molar-refractivity contribution in [1.29, 1.82) is 0 Å². The number of carbonyl (C=O) groups is 1. The van der Waals surface area contributed by atoms with Gasteiger partial charge in [-0.1, -0.05) is 26.8 Å². The minimum absolute atomic E-state index is 0.00132. The van der Waals surface area contributed by atoms with Crippen LogP contribution in [0.1, 0.15) is 43.2 Å². The molecule has 0 saturated carbocycles. The van der Waals surface area contributed by atoms with Gasteiger partial charge in [0.25, 0.3) is 5.91 Å². The van der Waals surface area contributed by atoms with Gasteiger partial charge >= 0.3 is 5.69 Å². The van der Waals surface area contributed by atoms with Gasteiger partial charge in [-0.25, -0.2) is 9.78 Å². The molecule has 32 heavy (non-hydrogen) atoms. The number of likely N-dealkylation sites (tertiary alicyclic amines) is 1. The van der Waals surface area contributed by atoms with Gasteiger partial charge in [0.1, 0.15) is 0 Å². The molecule has 0 radical (unpaired) electrons. The van der Waals surface area contributed by atoms with E-state index in [1.165, 1.54) is 5.57 Å². The molecule has 5 rings (SSSR count). The summed E-state index contributed by atoms with van der Waals surface area (Å²) in [7, 11) is 1.79. The first-order chi connectivity index (χ1) is 15.2. The molecule has 2 unspecified atom stereocenters. The Hall–Kier alpha value is -3.22. The lowest BCUT2D eigenvalue weighted by molar-refractivity contribution is 0.0784.